The summed E-state index contributed by atoms with van der Waals surface area (Å²) in [6.45, 7) is 5.33. The molecule has 5 nitrogen and oxygen atoms in total. The first-order valence-electron chi connectivity index (χ1n) is 9.15. The van der Waals surface area contributed by atoms with E-state index < -0.39 is 0 Å². The molecule has 2 aromatic carbocycles. The number of nitrogens with two attached hydrogens (primary N) is 2. The largest absolute Gasteiger partial charge is 0.486 e. The Morgan fingerprint density at radius 3 is 2.42 bits per heavy atom. The van der Waals surface area contributed by atoms with Crippen LogP contribution in [0.2, 0.25) is 0 Å². The van der Waals surface area contributed by atoms with Gasteiger partial charge in [-0.2, -0.15) is 0 Å². The second-order valence-corrected chi connectivity index (χ2v) is 7.11. The number of nitrogen functional groups attached to an aromatic ring is 2. The predicted molar refractivity (Wildman–Crippen MR) is 105 cm³/mol. The molecule has 138 valence electrons. The van der Waals surface area contributed by atoms with E-state index in [0.717, 1.165) is 25.1 Å². The zero-order chi connectivity index (χ0) is 18.7. The Balaban J connectivity index is 1.75. The normalized spacial score (nSPS) is 19.1. The van der Waals surface area contributed by atoms with Crippen molar-refractivity contribution in [3.8, 4) is 5.75 Å². The highest BCUT2D eigenvalue weighted by atomic mass is 16.5. The molecule has 2 aromatic rings. The maximum atomic E-state index is 12.6. The van der Waals surface area contributed by atoms with E-state index in [9.17, 15) is 4.79 Å². The lowest BCUT2D eigenvalue weighted by atomic mass is 9.92. The predicted octanol–water partition coefficient (Wildman–Crippen LogP) is 3.38. The monoisotopic (exact) mass is 353 g/mol. The SMILES string of the molecule is CCC(C)(Oc1ccc(C(=O)c2ccc(N)c(N)c2)cc1)C1CCCN1. The van der Waals surface area contributed by atoms with Crippen molar-refractivity contribution in [3.05, 3.63) is 53.6 Å². The van der Waals surface area contributed by atoms with E-state index in [4.69, 9.17) is 16.2 Å². The number of nitrogens with one attached hydrogen (secondary N) is 1. The summed E-state index contributed by atoms with van der Waals surface area (Å²) in [5.74, 6) is 0.690. The summed E-state index contributed by atoms with van der Waals surface area (Å²) in [4.78, 5) is 12.6. The fraction of sp³-hybridized carbons (Fsp3) is 0.381. The maximum absolute atomic E-state index is 12.6. The van der Waals surface area contributed by atoms with Crippen molar-refractivity contribution in [1.29, 1.82) is 0 Å². The van der Waals surface area contributed by atoms with Crippen LogP contribution in [0.25, 0.3) is 0 Å². The number of benzene rings is 2. The molecule has 2 unspecified atom stereocenters. The van der Waals surface area contributed by atoms with Gasteiger partial charge in [-0.1, -0.05) is 6.92 Å². The second kappa shape index (κ2) is 7.38. The molecular formula is C21H27N3O2. The molecule has 1 aliphatic rings. The van der Waals surface area contributed by atoms with E-state index in [1.165, 1.54) is 6.42 Å². The fourth-order valence-corrected chi connectivity index (χ4v) is 3.42. The lowest BCUT2D eigenvalue weighted by Gasteiger charge is -2.35. The zero-order valence-corrected chi connectivity index (χ0v) is 15.4. The number of rotatable bonds is 6. The number of ketones is 1. The van der Waals surface area contributed by atoms with Gasteiger partial charge in [0.15, 0.2) is 5.78 Å². The molecule has 2 atom stereocenters. The van der Waals surface area contributed by atoms with Crippen molar-refractivity contribution < 1.29 is 9.53 Å². The average molecular weight is 353 g/mol. The van der Waals surface area contributed by atoms with Gasteiger partial charge >= 0.3 is 0 Å². The molecule has 26 heavy (non-hydrogen) atoms. The van der Waals surface area contributed by atoms with Crippen LogP contribution in [-0.4, -0.2) is 24.0 Å². The van der Waals surface area contributed by atoms with E-state index in [1.807, 2.05) is 12.1 Å². The Bertz CT molecular complexity index is 782. The van der Waals surface area contributed by atoms with E-state index in [2.05, 4.69) is 19.2 Å². The minimum absolute atomic E-state index is 0.0843. The number of carbonyl (C=O) groups is 1. The van der Waals surface area contributed by atoms with Crippen LogP contribution in [0.3, 0.4) is 0 Å². The Morgan fingerprint density at radius 1 is 1.15 bits per heavy atom. The Kier molecular flexibility index (Phi) is 5.18. The third-order valence-corrected chi connectivity index (χ3v) is 5.32. The van der Waals surface area contributed by atoms with Gasteiger partial charge in [0, 0.05) is 17.2 Å². The quantitative estimate of drug-likeness (QED) is 0.547. The highest BCUT2D eigenvalue weighted by Crippen LogP contribution is 2.29. The second-order valence-electron chi connectivity index (χ2n) is 7.11. The first kappa shape index (κ1) is 18.3. The number of carbonyl (C=O) groups excluding carboxylic acids is 1. The molecule has 0 amide bonds. The average Bonchev–Trinajstić information content (AvgIpc) is 3.19. The first-order chi connectivity index (χ1) is 12.4. The number of ether oxygens (including phenoxy) is 1. The summed E-state index contributed by atoms with van der Waals surface area (Å²) in [6, 6.07) is 12.6. The molecule has 0 bridgehead atoms. The van der Waals surface area contributed by atoms with E-state index in [-0.39, 0.29) is 11.4 Å². The van der Waals surface area contributed by atoms with E-state index in [1.54, 1.807) is 30.3 Å². The van der Waals surface area contributed by atoms with Crippen molar-refractivity contribution >= 4 is 17.2 Å². The summed E-state index contributed by atoms with van der Waals surface area (Å²) in [5, 5.41) is 3.53. The molecule has 0 radical (unpaired) electrons. The van der Waals surface area contributed by atoms with E-state index in [0.29, 0.717) is 28.5 Å². The molecule has 0 aliphatic carbocycles. The van der Waals surface area contributed by atoms with Crippen molar-refractivity contribution in [3.63, 3.8) is 0 Å². The summed E-state index contributed by atoms with van der Waals surface area (Å²) in [7, 11) is 0. The van der Waals surface area contributed by atoms with Crippen molar-refractivity contribution in [2.75, 3.05) is 18.0 Å². The summed E-state index contributed by atoms with van der Waals surface area (Å²) < 4.78 is 6.30. The van der Waals surface area contributed by atoms with Gasteiger partial charge in [-0.15, -0.1) is 0 Å². The standard InChI is InChI=1S/C21H27N3O2/c1-3-21(2,19-5-4-12-24-19)26-16-9-6-14(7-10-16)20(25)15-8-11-17(22)18(23)13-15/h6-11,13,19,24H,3-5,12,22-23H2,1-2H3. The molecular weight excluding hydrogens is 326 g/mol. The van der Waals surface area contributed by atoms with E-state index >= 15 is 0 Å². The molecule has 5 N–H and O–H groups in total. The van der Waals surface area contributed by atoms with Crippen LogP contribution < -0.4 is 21.5 Å². The van der Waals surface area contributed by atoms with Crippen molar-refractivity contribution in [2.45, 2.75) is 44.8 Å². The fourth-order valence-electron chi connectivity index (χ4n) is 3.42. The summed E-state index contributed by atoms with van der Waals surface area (Å²) in [5.41, 5.74) is 13.3. The lowest BCUT2D eigenvalue weighted by Crippen LogP contribution is -2.49. The van der Waals surface area contributed by atoms with Crippen LogP contribution in [0.1, 0.15) is 49.0 Å². The molecule has 0 spiro atoms. The molecule has 3 rings (SSSR count). The third-order valence-electron chi connectivity index (χ3n) is 5.32. The van der Waals surface area contributed by atoms with Crippen molar-refractivity contribution in [2.24, 2.45) is 0 Å². The highest BCUT2D eigenvalue weighted by molar-refractivity contribution is 6.09. The maximum Gasteiger partial charge on any atom is 0.193 e. The van der Waals surface area contributed by atoms with Crippen LogP contribution in [0.15, 0.2) is 42.5 Å². The minimum atomic E-state index is -0.257. The van der Waals surface area contributed by atoms with Crippen LogP contribution in [-0.2, 0) is 0 Å². The molecule has 1 aliphatic heterocycles. The Hall–Kier alpha value is -2.53. The zero-order valence-electron chi connectivity index (χ0n) is 15.4. The third kappa shape index (κ3) is 3.68. The summed E-state index contributed by atoms with van der Waals surface area (Å²) >= 11 is 0. The van der Waals surface area contributed by atoms with Gasteiger partial charge in [0.2, 0.25) is 0 Å². The van der Waals surface area contributed by atoms with Gasteiger partial charge in [-0.05, 0) is 75.2 Å². The minimum Gasteiger partial charge on any atom is -0.486 e. The highest BCUT2D eigenvalue weighted by Gasteiger charge is 2.36. The van der Waals surface area contributed by atoms with Crippen LogP contribution in [0.5, 0.6) is 5.75 Å². The summed E-state index contributed by atoms with van der Waals surface area (Å²) in [6.07, 6.45) is 3.22. The number of hydrogen-bond donors (Lipinski definition) is 3. The van der Waals surface area contributed by atoms with Gasteiger partial charge < -0.3 is 21.5 Å². The van der Waals surface area contributed by atoms with Gasteiger partial charge in [-0.25, -0.2) is 0 Å². The van der Waals surface area contributed by atoms with Gasteiger partial charge in [0.25, 0.3) is 0 Å². The van der Waals surface area contributed by atoms with Crippen LogP contribution in [0, 0.1) is 0 Å². The van der Waals surface area contributed by atoms with Gasteiger partial charge in [-0.3, -0.25) is 4.79 Å². The van der Waals surface area contributed by atoms with Crippen LogP contribution in [0.4, 0.5) is 11.4 Å². The van der Waals surface area contributed by atoms with Gasteiger partial charge in [0.1, 0.15) is 11.4 Å². The Morgan fingerprint density at radius 2 is 1.85 bits per heavy atom. The smallest absolute Gasteiger partial charge is 0.193 e. The van der Waals surface area contributed by atoms with Crippen LogP contribution >= 0.6 is 0 Å². The first-order valence-corrected chi connectivity index (χ1v) is 9.15. The molecule has 0 aromatic heterocycles. The van der Waals surface area contributed by atoms with Gasteiger partial charge in [0.05, 0.1) is 11.4 Å². The molecule has 1 saturated heterocycles. The number of anilines is 2. The number of hydrogen-bond acceptors (Lipinski definition) is 5. The van der Waals surface area contributed by atoms with Crippen molar-refractivity contribution in [1.82, 2.24) is 5.32 Å². The lowest BCUT2D eigenvalue weighted by molar-refractivity contribution is 0.0488. The molecule has 1 fully saturated rings. The molecule has 5 heteroatoms. The topological polar surface area (TPSA) is 90.4 Å². The molecule has 1 heterocycles. The Labute approximate surface area is 154 Å². The molecule has 0 saturated carbocycles.